The van der Waals surface area contributed by atoms with Gasteiger partial charge in [0.2, 0.25) is 0 Å². The van der Waals surface area contributed by atoms with Crippen molar-refractivity contribution in [3.63, 3.8) is 0 Å². The highest BCUT2D eigenvalue weighted by Crippen LogP contribution is 2.18. The molecule has 0 aromatic carbocycles. The minimum Gasteiger partial charge on any atom is -0.286 e. The Morgan fingerprint density at radius 2 is 2.60 bits per heavy atom. The summed E-state index contributed by atoms with van der Waals surface area (Å²) in [6, 6.07) is 0. The molecule has 0 radical (unpaired) electrons. The standard InChI is InChI=1S/C6H6BrN3/c7-5-1-2-6-8-4-9-10(6)3-5/h1-4,6H,(H,8,9)/t6-/m1/s1. The van der Waals surface area contributed by atoms with Gasteiger partial charge in [0.05, 0.1) is 0 Å². The number of fused-ring (bicyclic) bond motifs is 1. The maximum Gasteiger partial charge on any atom is 0.160 e. The molecule has 52 valence electrons. The zero-order chi connectivity index (χ0) is 6.97. The molecule has 2 heterocycles. The summed E-state index contributed by atoms with van der Waals surface area (Å²) in [7, 11) is 0. The van der Waals surface area contributed by atoms with Crippen molar-refractivity contribution in [1.82, 2.24) is 10.4 Å². The van der Waals surface area contributed by atoms with E-state index in [1.807, 2.05) is 23.4 Å². The van der Waals surface area contributed by atoms with Gasteiger partial charge in [0, 0.05) is 10.7 Å². The van der Waals surface area contributed by atoms with Gasteiger partial charge in [-0.25, -0.2) is 4.99 Å². The van der Waals surface area contributed by atoms with Crippen molar-refractivity contribution in [2.45, 2.75) is 6.17 Å². The number of aliphatic imine (C=N–C) groups is 1. The third-order valence-corrected chi connectivity index (χ3v) is 1.88. The highest BCUT2D eigenvalue weighted by Gasteiger charge is 2.17. The molecule has 0 saturated carbocycles. The van der Waals surface area contributed by atoms with Crippen LogP contribution in [0, 0.1) is 0 Å². The summed E-state index contributed by atoms with van der Waals surface area (Å²) in [5.74, 6) is 0. The number of nitrogens with zero attached hydrogens (tertiary/aromatic N) is 2. The summed E-state index contributed by atoms with van der Waals surface area (Å²) in [5.41, 5.74) is 2.97. The van der Waals surface area contributed by atoms with Crippen LogP contribution in [0.15, 0.2) is 27.8 Å². The first-order valence-corrected chi connectivity index (χ1v) is 3.77. The molecule has 0 aromatic heterocycles. The second-order valence-corrected chi connectivity index (χ2v) is 3.02. The van der Waals surface area contributed by atoms with Crippen LogP contribution in [-0.4, -0.2) is 17.5 Å². The molecule has 2 rings (SSSR count). The Labute approximate surface area is 67.2 Å². The molecule has 10 heavy (non-hydrogen) atoms. The minimum atomic E-state index is 0.154. The molecule has 1 N–H and O–H groups in total. The molecular formula is C6H6BrN3. The second kappa shape index (κ2) is 2.12. The number of allylic oxidation sites excluding steroid dienone is 2. The Morgan fingerprint density at radius 1 is 1.70 bits per heavy atom. The predicted octanol–water partition coefficient (Wildman–Crippen LogP) is 0.967. The fourth-order valence-electron chi connectivity index (χ4n) is 0.934. The lowest BCUT2D eigenvalue weighted by Gasteiger charge is -2.21. The Morgan fingerprint density at radius 3 is 3.50 bits per heavy atom. The van der Waals surface area contributed by atoms with Crippen molar-refractivity contribution < 1.29 is 0 Å². The van der Waals surface area contributed by atoms with Crippen molar-refractivity contribution in [2.24, 2.45) is 4.99 Å². The quantitative estimate of drug-likeness (QED) is 0.630. The molecule has 0 bridgehead atoms. The van der Waals surface area contributed by atoms with E-state index >= 15 is 0 Å². The van der Waals surface area contributed by atoms with Crippen LogP contribution in [-0.2, 0) is 0 Å². The maximum absolute atomic E-state index is 4.13. The van der Waals surface area contributed by atoms with Crippen LogP contribution in [0.5, 0.6) is 0 Å². The number of hydrogen-bond donors (Lipinski definition) is 1. The number of halogens is 1. The summed E-state index contributed by atoms with van der Waals surface area (Å²) >= 11 is 3.36. The summed E-state index contributed by atoms with van der Waals surface area (Å²) in [6.07, 6.45) is 7.81. The first-order valence-electron chi connectivity index (χ1n) is 2.98. The van der Waals surface area contributed by atoms with E-state index in [4.69, 9.17) is 0 Å². The van der Waals surface area contributed by atoms with Crippen LogP contribution in [0.3, 0.4) is 0 Å². The largest absolute Gasteiger partial charge is 0.286 e. The van der Waals surface area contributed by atoms with Gasteiger partial charge in [0.25, 0.3) is 0 Å². The van der Waals surface area contributed by atoms with Crippen molar-refractivity contribution in [3.05, 3.63) is 22.8 Å². The van der Waals surface area contributed by atoms with Crippen LogP contribution >= 0.6 is 15.9 Å². The maximum atomic E-state index is 4.13. The van der Waals surface area contributed by atoms with Gasteiger partial charge in [0.15, 0.2) is 6.17 Å². The molecular weight excluding hydrogens is 194 g/mol. The van der Waals surface area contributed by atoms with Gasteiger partial charge < -0.3 is 0 Å². The van der Waals surface area contributed by atoms with E-state index in [1.165, 1.54) is 0 Å². The highest BCUT2D eigenvalue weighted by molar-refractivity contribution is 9.11. The summed E-state index contributed by atoms with van der Waals surface area (Å²) in [4.78, 5) is 4.13. The van der Waals surface area contributed by atoms with Crippen LogP contribution in [0.1, 0.15) is 0 Å². The van der Waals surface area contributed by atoms with Gasteiger partial charge in [-0.15, -0.1) is 0 Å². The monoisotopic (exact) mass is 199 g/mol. The lowest BCUT2D eigenvalue weighted by Crippen LogP contribution is -2.33. The molecule has 0 aromatic rings. The molecule has 2 aliphatic rings. The SMILES string of the molecule is BrC1=CN2NC=N[C@H]2C=C1. The first-order chi connectivity index (χ1) is 4.86. The fraction of sp³-hybridized carbons (Fsp3) is 0.167. The smallest absolute Gasteiger partial charge is 0.160 e. The molecule has 4 heteroatoms. The number of hydrogen-bond acceptors (Lipinski definition) is 3. The Bertz CT molecular complexity index is 231. The Balaban J connectivity index is 2.25. The Kier molecular flexibility index (Phi) is 1.27. The molecule has 0 saturated heterocycles. The van der Waals surface area contributed by atoms with Gasteiger partial charge in [0.1, 0.15) is 6.34 Å². The topological polar surface area (TPSA) is 27.6 Å². The van der Waals surface area contributed by atoms with E-state index in [2.05, 4.69) is 26.3 Å². The zero-order valence-corrected chi connectivity index (χ0v) is 6.75. The molecule has 0 aliphatic carbocycles. The van der Waals surface area contributed by atoms with Gasteiger partial charge in [-0.05, 0) is 28.1 Å². The summed E-state index contributed by atoms with van der Waals surface area (Å²) < 4.78 is 1.06. The van der Waals surface area contributed by atoms with Crippen LogP contribution in [0.4, 0.5) is 0 Å². The van der Waals surface area contributed by atoms with Crippen LogP contribution in [0.2, 0.25) is 0 Å². The number of nitrogens with one attached hydrogen (secondary N) is 1. The van der Waals surface area contributed by atoms with Crippen molar-refractivity contribution in [2.75, 3.05) is 0 Å². The van der Waals surface area contributed by atoms with E-state index in [9.17, 15) is 0 Å². The first kappa shape index (κ1) is 5.97. The third kappa shape index (κ3) is 0.844. The van der Waals surface area contributed by atoms with E-state index < -0.39 is 0 Å². The second-order valence-electron chi connectivity index (χ2n) is 2.10. The van der Waals surface area contributed by atoms with Gasteiger partial charge in [-0.1, -0.05) is 0 Å². The molecule has 3 nitrogen and oxygen atoms in total. The fourth-order valence-corrected chi connectivity index (χ4v) is 1.31. The molecule has 1 atom stereocenters. The molecule has 0 amide bonds. The summed E-state index contributed by atoms with van der Waals surface area (Å²) in [5, 5.41) is 1.92. The van der Waals surface area contributed by atoms with Crippen LogP contribution in [0.25, 0.3) is 0 Å². The number of rotatable bonds is 0. The third-order valence-electron chi connectivity index (χ3n) is 1.41. The lowest BCUT2D eigenvalue weighted by molar-refractivity contribution is 0.315. The predicted molar refractivity (Wildman–Crippen MR) is 43.4 cm³/mol. The van der Waals surface area contributed by atoms with Crippen molar-refractivity contribution >= 4 is 22.3 Å². The van der Waals surface area contributed by atoms with Crippen molar-refractivity contribution in [3.8, 4) is 0 Å². The zero-order valence-electron chi connectivity index (χ0n) is 5.16. The van der Waals surface area contributed by atoms with Gasteiger partial charge in [-0.2, -0.15) is 0 Å². The van der Waals surface area contributed by atoms with E-state index in [0.29, 0.717) is 0 Å². The molecule has 2 aliphatic heterocycles. The van der Waals surface area contributed by atoms with Crippen LogP contribution < -0.4 is 5.43 Å². The average molecular weight is 200 g/mol. The van der Waals surface area contributed by atoms with E-state index in [-0.39, 0.29) is 6.17 Å². The lowest BCUT2D eigenvalue weighted by atomic mass is 10.3. The minimum absolute atomic E-state index is 0.154. The Hall–Kier alpha value is -0.770. The summed E-state index contributed by atoms with van der Waals surface area (Å²) in [6.45, 7) is 0. The average Bonchev–Trinajstić information content (AvgIpc) is 2.33. The van der Waals surface area contributed by atoms with Gasteiger partial charge in [-0.3, -0.25) is 10.4 Å². The molecule has 0 unspecified atom stereocenters. The van der Waals surface area contributed by atoms with E-state index in [1.54, 1.807) is 6.34 Å². The van der Waals surface area contributed by atoms with Gasteiger partial charge >= 0.3 is 0 Å². The van der Waals surface area contributed by atoms with Crippen molar-refractivity contribution in [1.29, 1.82) is 0 Å². The normalized spacial score (nSPS) is 27.9. The molecule has 0 spiro atoms. The highest BCUT2D eigenvalue weighted by atomic mass is 79.9. The number of hydrazine groups is 1. The molecule has 0 fully saturated rings. The van der Waals surface area contributed by atoms with E-state index in [0.717, 1.165) is 4.48 Å².